The molecule has 4 rings (SSSR count). The standard InChI is InChI=1S/C18H19F2N5S.C6H8O7/c19-14-4-5-16(15(20)13-14)24-9-7-23(8-10-24)11-12-26-18-22-21-17-3-1-2-6-25(17)18;7-3(8)1-6(13,5(11)12)2-4(9)10/h1-6,13H,7-12H2;13H,1-2H2,(H,7,8)(H,9,10)(H,11,12). The van der Waals surface area contributed by atoms with Crippen LogP contribution in [0.1, 0.15) is 12.8 Å². The van der Waals surface area contributed by atoms with Crippen LogP contribution in [-0.2, 0) is 14.4 Å². The highest BCUT2D eigenvalue weighted by atomic mass is 32.2. The van der Waals surface area contributed by atoms with Crippen LogP contribution in [-0.4, -0.2) is 102 Å². The molecule has 2 aromatic heterocycles. The van der Waals surface area contributed by atoms with Crippen molar-refractivity contribution in [3.8, 4) is 0 Å². The molecule has 0 bridgehead atoms. The summed E-state index contributed by atoms with van der Waals surface area (Å²) < 4.78 is 28.9. The average Bonchev–Trinajstić information content (AvgIpc) is 3.27. The number of piperazine rings is 1. The van der Waals surface area contributed by atoms with Crippen LogP contribution in [0.5, 0.6) is 0 Å². The number of halogens is 2. The molecular formula is C24H27F2N5O7S. The summed E-state index contributed by atoms with van der Waals surface area (Å²) in [4.78, 5) is 34.8. The fourth-order valence-electron chi connectivity index (χ4n) is 3.85. The van der Waals surface area contributed by atoms with Crippen molar-refractivity contribution in [2.24, 2.45) is 0 Å². The van der Waals surface area contributed by atoms with Crippen LogP contribution in [0.25, 0.3) is 5.65 Å². The van der Waals surface area contributed by atoms with E-state index in [1.54, 1.807) is 11.8 Å². The lowest BCUT2D eigenvalue weighted by molar-refractivity contribution is -0.170. The summed E-state index contributed by atoms with van der Waals surface area (Å²) >= 11 is 1.68. The fourth-order valence-corrected chi connectivity index (χ4v) is 4.77. The summed E-state index contributed by atoms with van der Waals surface area (Å²) in [6.45, 7) is 4.13. The minimum atomic E-state index is -2.74. The van der Waals surface area contributed by atoms with Crippen LogP contribution < -0.4 is 4.90 Å². The third-order valence-corrected chi connectivity index (χ3v) is 6.75. The predicted octanol–water partition coefficient (Wildman–Crippen LogP) is 1.67. The van der Waals surface area contributed by atoms with Crippen molar-refractivity contribution in [3.05, 3.63) is 54.2 Å². The molecule has 0 atom stereocenters. The summed E-state index contributed by atoms with van der Waals surface area (Å²) in [5.41, 5.74) is -1.40. The van der Waals surface area contributed by atoms with Crippen LogP contribution in [0, 0.1) is 11.6 Å². The first-order valence-electron chi connectivity index (χ1n) is 11.7. The Kier molecular flexibility index (Phi) is 10.1. The largest absolute Gasteiger partial charge is 0.481 e. The van der Waals surface area contributed by atoms with E-state index in [0.717, 1.165) is 55.3 Å². The summed E-state index contributed by atoms with van der Waals surface area (Å²) in [5.74, 6) is -5.13. The van der Waals surface area contributed by atoms with Gasteiger partial charge >= 0.3 is 17.9 Å². The highest BCUT2D eigenvalue weighted by Gasteiger charge is 2.40. The van der Waals surface area contributed by atoms with Gasteiger partial charge in [0.1, 0.15) is 11.6 Å². The Balaban J connectivity index is 0.000000276. The van der Waals surface area contributed by atoms with E-state index in [-0.39, 0.29) is 0 Å². The van der Waals surface area contributed by atoms with Gasteiger partial charge < -0.3 is 25.3 Å². The van der Waals surface area contributed by atoms with Crippen LogP contribution >= 0.6 is 11.8 Å². The van der Waals surface area contributed by atoms with Gasteiger partial charge in [0.2, 0.25) is 0 Å². The van der Waals surface area contributed by atoms with Crippen molar-refractivity contribution in [2.45, 2.75) is 23.6 Å². The molecule has 0 unspecified atom stereocenters. The number of fused-ring (bicyclic) bond motifs is 1. The van der Waals surface area contributed by atoms with E-state index in [0.29, 0.717) is 5.69 Å². The summed E-state index contributed by atoms with van der Waals surface area (Å²) in [7, 11) is 0. The second-order valence-corrected chi connectivity index (χ2v) is 9.72. The molecule has 0 spiro atoms. The first kappa shape index (κ1) is 29.7. The molecule has 3 heterocycles. The van der Waals surface area contributed by atoms with Gasteiger partial charge in [-0.2, -0.15) is 0 Å². The SMILES string of the molecule is Fc1ccc(N2CCN(CCSc3nnc4ccccn34)CC2)c(F)c1.O=C(O)CC(O)(CC(=O)O)C(=O)O. The Morgan fingerprint density at radius 2 is 1.62 bits per heavy atom. The summed E-state index contributed by atoms with van der Waals surface area (Å²) in [6.07, 6.45) is -0.322. The van der Waals surface area contributed by atoms with E-state index in [4.69, 9.17) is 20.4 Å². The smallest absolute Gasteiger partial charge is 0.336 e. The molecule has 0 amide bonds. The molecule has 0 aliphatic carbocycles. The number of aliphatic hydroxyl groups is 1. The number of thioether (sulfide) groups is 1. The van der Waals surface area contributed by atoms with E-state index in [1.807, 2.05) is 33.7 Å². The molecule has 12 nitrogen and oxygen atoms in total. The zero-order valence-corrected chi connectivity index (χ0v) is 21.4. The van der Waals surface area contributed by atoms with Crippen molar-refractivity contribution in [1.82, 2.24) is 19.5 Å². The van der Waals surface area contributed by atoms with E-state index >= 15 is 0 Å². The minimum absolute atomic E-state index is 0.482. The van der Waals surface area contributed by atoms with Gasteiger partial charge in [0.05, 0.1) is 18.5 Å². The Morgan fingerprint density at radius 1 is 0.949 bits per heavy atom. The molecule has 39 heavy (non-hydrogen) atoms. The van der Waals surface area contributed by atoms with E-state index in [9.17, 15) is 23.2 Å². The van der Waals surface area contributed by atoms with Crippen LogP contribution in [0.2, 0.25) is 0 Å². The quantitative estimate of drug-likeness (QED) is 0.262. The third-order valence-electron chi connectivity index (χ3n) is 5.83. The normalized spacial score (nSPS) is 14.1. The second-order valence-electron chi connectivity index (χ2n) is 8.66. The number of carbonyl (C=O) groups is 3. The maximum absolute atomic E-state index is 13.9. The highest BCUT2D eigenvalue weighted by molar-refractivity contribution is 7.99. The molecular weight excluding hydrogens is 540 g/mol. The predicted molar refractivity (Wildman–Crippen MR) is 136 cm³/mol. The average molecular weight is 568 g/mol. The van der Waals surface area contributed by atoms with Crippen LogP contribution in [0.15, 0.2) is 47.8 Å². The number of aromatic nitrogens is 3. The minimum Gasteiger partial charge on any atom is -0.481 e. The monoisotopic (exact) mass is 567 g/mol. The Labute approximate surface area is 225 Å². The molecule has 210 valence electrons. The number of benzene rings is 1. The second kappa shape index (κ2) is 13.3. The number of carboxylic acids is 3. The van der Waals surface area contributed by atoms with E-state index in [2.05, 4.69) is 15.1 Å². The Morgan fingerprint density at radius 3 is 2.21 bits per heavy atom. The van der Waals surface area contributed by atoms with Crippen molar-refractivity contribution in [2.75, 3.05) is 43.4 Å². The maximum atomic E-state index is 13.9. The fraction of sp³-hybridized carbons (Fsp3) is 0.375. The molecule has 0 radical (unpaired) electrons. The third kappa shape index (κ3) is 8.33. The number of anilines is 1. The summed E-state index contributed by atoms with van der Waals surface area (Å²) in [5, 5.41) is 43.1. The van der Waals surface area contributed by atoms with E-state index in [1.165, 1.54) is 12.1 Å². The van der Waals surface area contributed by atoms with Crippen LogP contribution in [0.4, 0.5) is 14.5 Å². The van der Waals surface area contributed by atoms with Gasteiger partial charge in [-0.25, -0.2) is 13.6 Å². The first-order valence-corrected chi connectivity index (χ1v) is 12.7. The lowest BCUT2D eigenvalue weighted by Gasteiger charge is -2.36. The lowest BCUT2D eigenvalue weighted by Crippen LogP contribution is -2.47. The number of pyridine rings is 1. The molecule has 0 saturated carbocycles. The Hall–Kier alpha value is -3.82. The maximum Gasteiger partial charge on any atom is 0.336 e. The number of rotatable bonds is 10. The van der Waals surface area contributed by atoms with Gasteiger partial charge in [0.15, 0.2) is 16.4 Å². The lowest BCUT2D eigenvalue weighted by atomic mass is 9.96. The molecule has 1 aliphatic heterocycles. The van der Waals surface area contributed by atoms with Gasteiger partial charge in [-0.15, -0.1) is 10.2 Å². The van der Waals surface area contributed by atoms with Gasteiger partial charge in [-0.1, -0.05) is 17.8 Å². The number of aliphatic carboxylic acids is 3. The van der Waals surface area contributed by atoms with Crippen molar-refractivity contribution >= 4 is 41.0 Å². The number of carboxylic acid groups (broad SMARTS) is 3. The van der Waals surface area contributed by atoms with Crippen LogP contribution in [0.3, 0.4) is 0 Å². The zero-order chi connectivity index (χ0) is 28.6. The molecule has 4 N–H and O–H groups in total. The molecule has 3 aromatic rings. The number of hydrogen-bond acceptors (Lipinski definition) is 9. The van der Waals surface area contributed by atoms with Gasteiger partial charge in [-0.3, -0.25) is 18.9 Å². The first-order chi connectivity index (χ1) is 18.5. The number of hydrogen-bond donors (Lipinski definition) is 4. The van der Waals surface area contributed by atoms with E-state index < -0.39 is 48.0 Å². The van der Waals surface area contributed by atoms with Crippen molar-refractivity contribution in [3.63, 3.8) is 0 Å². The Bertz CT molecular complexity index is 1300. The van der Waals surface area contributed by atoms with Crippen molar-refractivity contribution < 1.29 is 43.6 Å². The molecule has 1 aliphatic rings. The molecule has 15 heteroatoms. The van der Waals surface area contributed by atoms with Gasteiger partial charge in [-0.05, 0) is 24.3 Å². The highest BCUT2D eigenvalue weighted by Crippen LogP contribution is 2.22. The van der Waals surface area contributed by atoms with Gasteiger partial charge in [0.25, 0.3) is 0 Å². The molecule has 1 fully saturated rings. The molecule has 1 saturated heterocycles. The van der Waals surface area contributed by atoms with Crippen molar-refractivity contribution in [1.29, 1.82) is 0 Å². The zero-order valence-electron chi connectivity index (χ0n) is 20.6. The van der Waals surface area contributed by atoms with Gasteiger partial charge in [0, 0.05) is 50.7 Å². The molecule has 1 aromatic carbocycles. The topological polar surface area (TPSA) is 169 Å². The summed E-state index contributed by atoms with van der Waals surface area (Å²) in [6, 6.07) is 9.62. The number of nitrogens with zero attached hydrogens (tertiary/aromatic N) is 5.